The standard InChI is InChI=1S/C15H21N3O/c1-3-10-19-14-7-5-4-6-12(14)11-17-15(16)18(2)13-8-9-13/h3-7,13H,1,8-11H2,2H3,(H2,16,17). The fourth-order valence-electron chi connectivity index (χ4n) is 1.85. The Labute approximate surface area is 114 Å². The molecule has 2 N–H and O–H groups in total. The van der Waals surface area contributed by atoms with Gasteiger partial charge in [-0.05, 0) is 18.9 Å². The molecule has 0 aliphatic heterocycles. The molecule has 0 radical (unpaired) electrons. The normalized spacial score (nSPS) is 15.1. The van der Waals surface area contributed by atoms with Crippen molar-refractivity contribution in [3.05, 3.63) is 42.5 Å². The van der Waals surface area contributed by atoms with Crippen molar-refractivity contribution < 1.29 is 4.74 Å². The van der Waals surface area contributed by atoms with Gasteiger partial charge in [-0.1, -0.05) is 30.9 Å². The zero-order valence-electron chi connectivity index (χ0n) is 11.4. The van der Waals surface area contributed by atoms with Crippen LogP contribution in [-0.2, 0) is 6.54 Å². The van der Waals surface area contributed by atoms with E-state index in [1.165, 1.54) is 12.8 Å². The highest BCUT2D eigenvalue weighted by Crippen LogP contribution is 2.25. The highest BCUT2D eigenvalue weighted by molar-refractivity contribution is 5.78. The summed E-state index contributed by atoms with van der Waals surface area (Å²) >= 11 is 0. The summed E-state index contributed by atoms with van der Waals surface area (Å²) in [4.78, 5) is 6.49. The SMILES string of the molecule is C=CCOc1ccccc1CN=C(N)N(C)C1CC1. The van der Waals surface area contributed by atoms with Crippen molar-refractivity contribution in [1.82, 2.24) is 4.90 Å². The van der Waals surface area contributed by atoms with Crippen LogP contribution in [0.1, 0.15) is 18.4 Å². The second-order valence-electron chi connectivity index (χ2n) is 4.72. The Kier molecular flexibility index (Phi) is 4.44. The number of benzene rings is 1. The molecular weight excluding hydrogens is 238 g/mol. The number of nitrogens with two attached hydrogens (primary N) is 1. The van der Waals surface area contributed by atoms with Crippen LogP contribution >= 0.6 is 0 Å². The van der Waals surface area contributed by atoms with Gasteiger partial charge < -0.3 is 15.4 Å². The summed E-state index contributed by atoms with van der Waals surface area (Å²) in [6, 6.07) is 8.45. The van der Waals surface area contributed by atoms with E-state index >= 15 is 0 Å². The summed E-state index contributed by atoms with van der Waals surface area (Å²) in [6.07, 6.45) is 4.16. The minimum Gasteiger partial charge on any atom is -0.489 e. The van der Waals surface area contributed by atoms with Gasteiger partial charge in [-0.2, -0.15) is 0 Å². The Morgan fingerprint density at radius 1 is 1.53 bits per heavy atom. The summed E-state index contributed by atoms with van der Waals surface area (Å²) in [7, 11) is 2.00. The Balaban J connectivity index is 2.01. The van der Waals surface area contributed by atoms with Crippen LogP contribution in [0.3, 0.4) is 0 Å². The smallest absolute Gasteiger partial charge is 0.191 e. The molecule has 0 saturated heterocycles. The van der Waals surface area contributed by atoms with E-state index in [0.29, 0.717) is 25.2 Å². The molecule has 0 bridgehead atoms. The van der Waals surface area contributed by atoms with E-state index in [1.54, 1.807) is 6.08 Å². The van der Waals surface area contributed by atoms with Crippen molar-refractivity contribution in [2.24, 2.45) is 10.7 Å². The van der Waals surface area contributed by atoms with E-state index in [9.17, 15) is 0 Å². The largest absolute Gasteiger partial charge is 0.489 e. The van der Waals surface area contributed by atoms with Gasteiger partial charge in [0, 0.05) is 18.7 Å². The molecule has 0 spiro atoms. The fraction of sp³-hybridized carbons (Fsp3) is 0.400. The van der Waals surface area contributed by atoms with Crippen molar-refractivity contribution in [2.45, 2.75) is 25.4 Å². The quantitative estimate of drug-likeness (QED) is 0.484. The lowest BCUT2D eigenvalue weighted by atomic mass is 10.2. The first-order valence-electron chi connectivity index (χ1n) is 6.56. The molecule has 1 aromatic rings. The predicted molar refractivity (Wildman–Crippen MR) is 78.2 cm³/mol. The molecule has 0 aromatic heterocycles. The van der Waals surface area contributed by atoms with Gasteiger partial charge in [0.05, 0.1) is 6.54 Å². The van der Waals surface area contributed by atoms with Gasteiger partial charge in [0.1, 0.15) is 12.4 Å². The zero-order valence-corrected chi connectivity index (χ0v) is 11.4. The maximum Gasteiger partial charge on any atom is 0.191 e. The van der Waals surface area contributed by atoms with E-state index < -0.39 is 0 Å². The summed E-state index contributed by atoms with van der Waals surface area (Å²) < 4.78 is 5.60. The van der Waals surface area contributed by atoms with Crippen LogP contribution in [-0.4, -0.2) is 30.6 Å². The molecule has 0 amide bonds. The summed E-state index contributed by atoms with van der Waals surface area (Å²) in [5.74, 6) is 1.44. The van der Waals surface area contributed by atoms with Gasteiger partial charge in [0.15, 0.2) is 5.96 Å². The Hall–Kier alpha value is -1.97. The third-order valence-corrected chi connectivity index (χ3v) is 3.20. The third-order valence-electron chi connectivity index (χ3n) is 3.20. The lowest BCUT2D eigenvalue weighted by Crippen LogP contribution is -2.35. The molecule has 0 atom stereocenters. The van der Waals surface area contributed by atoms with Crippen molar-refractivity contribution in [2.75, 3.05) is 13.7 Å². The highest BCUT2D eigenvalue weighted by atomic mass is 16.5. The minimum absolute atomic E-state index is 0.498. The minimum atomic E-state index is 0.498. The number of rotatable bonds is 6. The van der Waals surface area contributed by atoms with Crippen LogP contribution in [0.5, 0.6) is 5.75 Å². The first-order chi connectivity index (χ1) is 9.22. The maximum atomic E-state index is 5.98. The van der Waals surface area contributed by atoms with Gasteiger partial charge >= 0.3 is 0 Å². The number of hydrogen-bond donors (Lipinski definition) is 1. The number of para-hydroxylation sites is 1. The average molecular weight is 259 g/mol. The van der Waals surface area contributed by atoms with E-state index in [2.05, 4.69) is 11.6 Å². The van der Waals surface area contributed by atoms with E-state index in [4.69, 9.17) is 10.5 Å². The molecular formula is C15H21N3O. The van der Waals surface area contributed by atoms with Crippen molar-refractivity contribution in [3.8, 4) is 5.75 Å². The maximum absolute atomic E-state index is 5.98. The van der Waals surface area contributed by atoms with E-state index in [1.807, 2.05) is 36.2 Å². The molecule has 4 heteroatoms. The number of ether oxygens (including phenoxy) is 1. The number of hydrogen-bond acceptors (Lipinski definition) is 2. The van der Waals surface area contributed by atoms with Gasteiger partial charge in [0.25, 0.3) is 0 Å². The molecule has 0 unspecified atom stereocenters. The van der Waals surface area contributed by atoms with Gasteiger partial charge in [-0.15, -0.1) is 0 Å². The lowest BCUT2D eigenvalue weighted by Gasteiger charge is -2.17. The zero-order chi connectivity index (χ0) is 13.7. The molecule has 4 nitrogen and oxygen atoms in total. The Bertz CT molecular complexity index is 466. The average Bonchev–Trinajstić information content (AvgIpc) is 3.27. The summed E-state index contributed by atoms with van der Waals surface area (Å²) in [5.41, 5.74) is 7.01. The van der Waals surface area contributed by atoms with Crippen LogP contribution in [0.15, 0.2) is 41.9 Å². The molecule has 1 saturated carbocycles. The predicted octanol–water partition coefficient (Wildman–Crippen LogP) is 2.16. The first-order valence-corrected chi connectivity index (χ1v) is 6.56. The molecule has 1 aliphatic rings. The molecule has 19 heavy (non-hydrogen) atoms. The van der Waals surface area contributed by atoms with Crippen molar-refractivity contribution >= 4 is 5.96 Å². The van der Waals surface area contributed by atoms with Gasteiger partial charge in [-0.25, -0.2) is 4.99 Å². The van der Waals surface area contributed by atoms with Gasteiger partial charge in [-0.3, -0.25) is 0 Å². The molecule has 2 rings (SSSR count). The van der Waals surface area contributed by atoms with Crippen LogP contribution in [0, 0.1) is 0 Å². The number of guanidine groups is 1. The number of nitrogens with zero attached hydrogens (tertiary/aromatic N) is 2. The lowest BCUT2D eigenvalue weighted by molar-refractivity contribution is 0.359. The Morgan fingerprint density at radius 3 is 2.95 bits per heavy atom. The molecule has 1 aliphatic carbocycles. The van der Waals surface area contributed by atoms with Gasteiger partial charge in [0.2, 0.25) is 0 Å². The molecule has 1 aromatic carbocycles. The third kappa shape index (κ3) is 3.74. The summed E-state index contributed by atoms with van der Waals surface area (Å²) in [6.45, 7) is 4.69. The fourth-order valence-corrected chi connectivity index (χ4v) is 1.85. The van der Waals surface area contributed by atoms with Crippen LogP contribution in [0.25, 0.3) is 0 Å². The number of aliphatic imine (C=N–C) groups is 1. The van der Waals surface area contributed by atoms with Crippen LogP contribution < -0.4 is 10.5 Å². The molecule has 0 heterocycles. The second-order valence-corrected chi connectivity index (χ2v) is 4.72. The molecule has 102 valence electrons. The Morgan fingerprint density at radius 2 is 2.26 bits per heavy atom. The first kappa shape index (κ1) is 13.5. The van der Waals surface area contributed by atoms with Crippen molar-refractivity contribution in [1.29, 1.82) is 0 Å². The van der Waals surface area contributed by atoms with E-state index in [-0.39, 0.29) is 0 Å². The topological polar surface area (TPSA) is 50.9 Å². The van der Waals surface area contributed by atoms with E-state index in [0.717, 1.165) is 11.3 Å². The summed E-state index contributed by atoms with van der Waals surface area (Å²) in [5, 5.41) is 0. The monoisotopic (exact) mass is 259 g/mol. The van der Waals surface area contributed by atoms with Crippen molar-refractivity contribution in [3.63, 3.8) is 0 Å². The van der Waals surface area contributed by atoms with Crippen LogP contribution in [0.4, 0.5) is 0 Å². The highest BCUT2D eigenvalue weighted by Gasteiger charge is 2.27. The van der Waals surface area contributed by atoms with Crippen LogP contribution in [0.2, 0.25) is 0 Å². The molecule has 1 fully saturated rings. The second kappa shape index (κ2) is 6.27.